The molecule has 0 atom stereocenters. The highest BCUT2D eigenvalue weighted by molar-refractivity contribution is 8.00. The van der Waals surface area contributed by atoms with E-state index in [0.717, 1.165) is 29.8 Å². The van der Waals surface area contributed by atoms with Gasteiger partial charge >= 0.3 is 0 Å². The van der Waals surface area contributed by atoms with Gasteiger partial charge in [-0.3, -0.25) is 0 Å². The molecule has 1 saturated carbocycles. The molecular weight excluding hydrogens is 290 g/mol. The molecule has 1 aliphatic carbocycles. The number of hydrogen-bond donors (Lipinski definition) is 0. The Balaban J connectivity index is 2.12. The van der Waals surface area contributed by atoms with Crippen molar-refractivity contribution in [2.75, 3.05) is 12.1 Å². The van der Waals surface area contributed by atoms with Crippen LogP contribution >= 0.6 is 23.4 Å². The Bertz CT molecular complexity index is 682. The van der Waals surface area contributed by atoms with Gasteiger partial charge in [0.1, 0.15) is 17.4 Å². The van der Waals surface area contributed by atoms with E-state index in [4.69, 9.17) is 11.6 Å². The van der Waals surface area contributed by atoms with Crippen LogP contribution in [0.15, 0.2) is 18.2 Å². The second kappa shape index (κ2) is 5.31. The van der Waals surface area contributed by atoms with Crippen molar-refractivity contribution in [1.29, 1.82) is 5.26 Å². The zero-order valence-corrected chi connectivity index (χ0v) is 13.0. The molecule has 0 spiro atoms. The number of fused-ring (bicyclic) bond motifs is 1. The van der Waals surface area contributed by atoms with Crippen LogP contribution in [-0.2, 0) is 13.0 Å². The van der Waals surface area contributed by atoms with E-state index in [9.17, 15) is 5.26 Å². The molecule has 0 aliphatic heterocycles. The first-order valence-corrected chi connectivity index (χ1v) is 8.48. The number of nitrogens with zero attached hydrogens (tertiary/aromatic N) is 3. The van der Waals surface area contributed by atoms with Crippen molar-refractivity contribution >= 4 is 34.4 Å². The molecule has 0 amide bonds. The van der Waals surface area contributed by atoms with Crippen molar-refractivity contribution in [3.05, 3.63) is 29.6 Å². The summed E-state index contributed by atoms with van der Waals surface area (Å²) in [6, 6.07) is 8.04. The third-order valence-corrected chi connectivity index (χ3v) is 5.58. The van der Waals surface area contributed by atoms with Gasteiger partial charge in [-0.25, -0.2) is 4.98 Å². The third-order valence-electron chi connectivity index (χ3n) is 3.98. The molecule has 104 valence electrons. The molecule has 0 bridgehead atoms. The normalized spacial score (nSPS) is 16.2. The molecule has 0 radical (unpaired) electrons. The van der Waals surface area contributed by atoms with Crippen molar-refractivity contribution in [3.8, 4) is 6.07 Å². The lowest BCUT2D eigenvalue weighted by atomic mass is 10.2. The maximum Gasteiger partial charge on any atom is 0.111 e. The molecule has 1 aromatic heterocycles. The van der Waals surface area contributed by atoms with Crippen LogP contribution in [-0.4, -0.2) is 26.4 Å². The van der Waals surface area contributed by atoms with E-state index in [0.29, 0.717) is 16.2 Å². The van der Waals surface area contributed by atoms with Gasteiger partial charge in [-0.15, -0.1) is 11.6 Å². The van der Waals surface area contributed by atoms with Crippen LogP contribution in [0.25, 0.3) is 11.0 Å². The second-order valence-corrected chi connectivity index (χ2v) is 6.88. The zero-order chi connectivity index (χ0) is 14.2. The number of alkyl halides is 1. The molecule has 2 aromatic rings. The Morgan fingerprint density at radius 3 is 2.90 bits per heavy atom. The van der Waals surface area contributed by atoms with Gasteiger partial charge < -0.3 is 4.57 Å². The van der Waals surface area contributed by atoms with Crippen LogP contribution in [0.3, 0.4) is 0 Å². The Morgan fingerprint density at radius 1 is 1.50 bits per heavy atom. The first kappa shape index (κ1) is 13.8. The summed E-state index contributed by atoms with van der Waals surface area (Å²) in [4.78, 5) is 4.67. The SMILES string of the molecule is CSC1(Cn2c(CCCl)nc3c(C#N)cccc32)CC1. The number of aryl methyl sites for hydroxylation is 1. The number of thioether (sulfide) groups is 1. The van der Waals surface area contributed by atoms with Gasteiger partial charge in [-0.2, -0.15) is 17.0 Å². The monoisotopic (exact) mass is 305 g/mol. The summed E-state index contributed by atoms with van der Waals surface area (Å²) < 4.78 is 2.62. The van der Waals surface area contributed by atoms with E-state index < -0.39 is 0 Å². The van der Waals surface area contributed by atoms with Gasteiger partial charge in [-0.05, 0) is 31.2 Å². The summed E-state index contributed by atoms with van der Waals surface area (Å²) in [7, 11) is 0. The molecule has 3 nitrogen and oxygen atoms in total. The fourth-order valence-corrected chi connectivity index (χ4v) is 3.53. The quantitative estimate of drug-likeness (QED) is 0.793. The standard InChI is InChI=1S/C15H16ClN3S/c1-20-15(6-7-15)10-19-12-4-2-3-11(9-17)14(12)18-13(19)5-8-16/h2-4H,5-8,10H2,1H3. The highest BCUT2D eigenvalue weighted by Crippen LogP contribution is 2.49. The van der Waals surface area contributed by atoms with Crippen molar-refractivity contribution < 1.29 is 0 Å². The minimum Gasteiger partial charge on any atom is -0.327 e. The van der Waals surface area contributed by atoms with Crippen molar-refractivity contribution in [2.24, 2.45) is 0 Å². The molecule has 1 aliphatic rings. The second-order valence-electron chi connectivity index (χ2n) is 5.23. The van der Waals surface area contributed by atoms with Crippen molar-refractivity contribution in [2.45, 2.75) is 30.6 Å². The van der Waals surface area contributed by atoms with E-state index in [2.05, 4.69) is 27.9 Å². The largest absolute Gasteiger partial charge is 0.327 e. The van der Waals surface area contributed by atoms with Crippen LogP contribution in [0.4, 0.5) is 0 Å². The van der Waals surface area contributed by atoms with E-state index in [1.54, 1.807) is 0 Å². The predicted octanol–water partition coefficient (Wildman–Crippen LogP) is 3.58. The average molecular weight is 306 g/mol. The molecule has 20 heavy (non-hydrogen) atoms. The van der Waals surface area contributed by atoms with Crippen LogP contribution in [0.5, 0.6) is 0 Å². The van der Waals surface area contributed by atoms with E-state index in [1.165, 1.54) is 12.8 Å². The maximum atomic E-state index is 9.23. The minimum absolute atomic E-state index is 0.358. The zero-order valence-electron chi connectivity index (χ0n) is 11.4. The summed E-state index contributed by atoms with van der Waals surface area (Å²) in [6.45, 7) is 0.964. The number of imidazole rings is 1. The first-order chi connectivity index (χ1) is 9.73. The summed E-state index contributed by atoms with van der Waals surface area (Å²) in [6.07, 6.45) is 5.43. The molecule has 5 heteroatoms. The molecule has 3 rings (SSSR count). The van der Waals surface area contributed by atoms with Gasteiger partial charge in [-0.1, -0.05) is 6.07 Å². The number of para-hydroxylation sites is 1. The maximum absolute atomic E-state index is 9.23. The third kappa shape index (κ3) is 2.30. The number of benzene rings is 1. The summed E-state index contributed by atoms with van der Waals surface area (Å²) in [5.74, 6) is 1.55. The Hall–Kier alpha value is -1.18. The van der Waals surface area contributed by atoms with Crippen LogP contribution in [0, 0.1) is 11.3 Å². The number of halogens is 1. The fraction of sp³-hybridized carbons (Fsp3) is 0.467. The summed E-state index contributed by atoms with van der Waals surface area (Å²) in [5.41, 5.74) is 2.52. The highest BCUT2D eigenvalue weighted by Gasteiger charge is 2.42. The van der Waals surface area contributed by atoms with Gasteiger partial charge in [0.25, 0.3) is 0 Å². The molecule has 0 saturated heterocycles. The highest BCUT2D eigenvalue weighted by atomic mass is 35.5. The molecule has 0 unspecified atom stereocenters. The summed E-state index contributed by atoms with van der Waals surface area (Å²) in [5, 5.41) is 9.23. The molecule has 1 aromatic carbocycles. The van der Waals surface area contributed by atoms with E-state index >= 15 is 0 Å². The lowest BCUT2D eigenvalue weighted by molar-refractivity contribution is 0.645. The molecule has 1 heterocycles. The number of hydrogen-bond acceptors (Lipinski definition) is 3. The Labute approximate surface area is 127 Å². The molecule has 1 fully saturated rings. The fourth-order valence-electron chi connectivity index (χ4n) is 2.59. The Morgan fingerprint density at radius 2 is 2.30 bits per heavy atom. The number of aromatic nitrogens is 2. The van der Waals surface area contributed by atoms with Gasteiger partial charge in [0, 0.05) is 23.6 Å². The summed E-state index contributed by atoms with van der Waals surface area (Å²) >= 11 is 7.84. The smallest absolute Gasteiger partial charge is 0.111 e. The minimum atomic E-state index is 0.358. The van der Waals surface area contributed by atoms with Crippen LogP contribution in [0.1, 0.15) is 24.2 Å². The first-order valence-electron chi connectivity index (χ1n) is 6.72. The van der Waals surface area contributed by atoms with Crippen molar-refractivity contribution in [1.82, 2.24) is 9.55 Å². The molecule has 0 N–H and O–H groups in total. The van der Waals surface area contributed by atoms with Crippen molar-refractivity contribution in [3.63, 3.8) is 0 Å². The number of nitriles is 1. The lowest BCUT2D eigenvalue weighted by Gasteiger charge is -2.16. The van der Waals surface area contributed by atoms with Crippen LogP contribution < -0.4 is 0 Å². The van der Waals surface area contributed by atoms with E-state index in [1.807, 2.05) is 23.9 Å². The lowest BCUT2D eigenvalue weighted by Crippen LogP contribution is -2.16. The van der Waals surface area contributed by atoms with Gasteiger partial charge in [0.15, 0.2) is 0 Å². The predicted molar refractivity (Wildman–Crippen MR) is 84.4 cm³/mol. The molecular formula is C15H16ClN3S. The number of rotatable bonds is 5. The topological polar surface area (TPSA) is 41.6 Å². The average Bonchev–Trinajstić information content (AvgIpc) is 3.17. The Kier molecular flexibility index (Phi) is 3.66. The van der Waals surface area contributed by atoms with Crippen LogP contribution in [0.2, 0.25) is 0 Å². The van der Waals surface area contributed by atoms with E-state index in [-0.39, 0.29) is 0 Å². The van der Waals surface area contributed by atoms with Gasteiger partial charge in [0.05, 0.1) is 11.1 Å². The van der Waals surface area contributed by atoms with Gasteiger partial charge in [0.2, 0.25) is 0 Å².